The van der Waals surface area contributed by atoms with Gasteiger partial charge in [-0.15, -0.1) is 29.1 Å². The second-order valence-electron chi connectivity index (χ2n) is 6.27. The minimum absolute atomic E-state index is 0. The van der Waals surface area contributed by atoms with Crippen LogP contribution in [0.15, 0.2) is 29.4 Å². The van der Waals surface area contributed by atoms with Gasteiger partial charge in [-0.05, 0) is 37.1 Å². The third kappa shape index (κ3) is 5.15. The van der Waals surface area contributed by atoms with Crippen molar-refractivity contribution in [1.82, 2.24) is 15.0 Å². The van der Waals surface area contributed by atoms with Crippen LogP contribution in [-0.2, 0) is 16.0 Å². The van der Waals surface area contributed by atoms with E-state index < -0.39 is 0 Å². The molecule has 3 N–H and O–H groups in total. The van der Waals surface area contributed by atoms with Gasteiger partial charge in [0.1, 0.15) is 17.8 Å². The largest absolute Gasteiger partial charge is 0.377 e. The number of rotatable bonds is 5. The number of nitrogens with one attached hydrogen (secondary N) is 1. The fourth-order valence-corrected chi connectivity index (χ4v) is 2.94. The lowest BCUT2D eigenvalue weighted by atomic mass is 10.1. The van der Waals surface area contributed by atoms with Crippen molar-refractivity contribution in [2.24, 2.45) is 10.7 Å². The minimum atomic E-state index is -0.00523. The highest BCUT2D eigenvalue weighted by Crippen LogP contribution is 2.21. The summed E-state index contributed by atoms with van der Waals surface area (Å²) in [7, 11) is 1.67. The van der Waals surface area contributed by atoms with Gasteiger partial charge in [-0.3, -0.25) is 0 Å². The number of nitrogens with two attached hydrogens (primary N) is 1. The molecule has 1 aliphatic heterocycles. The molecule has 0 spiro atoms. The molecule has 0 saturated carbocycles. The monoisotopic (exact) mass is 472 g/mol. The van der Waals surface area contributed by atoms with E-state index in [9.17, 15) is 0 Å². The Kier molecular flexibility index (Phi) is 7.35. The number of benzene rings is 1. The fourth-order valence-electron chi connectivity index (χ4n) is 2.94. The Morgan fingerprint density at radius 3 is 2.77 bits per heavy atom. The number of aryl methyl sites for hydroxylation is 2. The van der Waals surface area contributed by atoms with Crippen LogP contribution in [-0.4, -0.2) is 47.4 Å². The van der Waals surface area contributed by atoms with Gasteiger partial charge in [0, 0.05) is 12.8 Å². The Bertz CT molecular complexity index is 743. The zero-order valence-electron chi connectivity index (χ0n) is 15.2. The molecular formula is C17H25IN6O2. The third-order valence-electron chi connectivity index (χ3n) is 4.11. The molecule has 1 saturated heterocycles. The highest BCUT2D eigenvalue weighted by atomic mass is 127. The number of hydrogen-bond acceptors (Lipinski definition) is 5. The maximum Gasteiger partial charge on any atom is 0.193 e. The molecule has 1 aromatic heterocycles. The van der Waals surface area contributed by atoms with Crippen LogP contribution in [0.3, 0.4) is 0 Å². The minimum Gasteiger partial charge on any atom is -0.377 e. The number of ether oxygens (including phenoxy) is 2. The topological polar surface area (TPSA) is 99.6 Å². The Morgan fingerprint density at radius 2 is 2.08 bits per heavy atom. The molecule has 0 aliphatic carbocycles. The highest BCUT2D eigenvalue weighted by Gasteiger charge is 2.30. The Morgan fingerprint density at radius 1 is 1.35 bits per heavy atom. The van der Waals surface area contributed by atoms with E-state index in [4.69, 9.17) is 15.2 Å². The first-order valence-electron chi connectivity index (χ1n) is 8.21. The molecule has 8 nitrogen and oxygen atoms in total. The average molecular weight is 472 g/mol. The number of nitrogens with zero attached hydrogens (tertiary/aromatic N) is 4. The summed E-state index contributed by atoms with van der Waals surface area (Å²) in [6.45, 7) is 5.59. The fraction of sp³-hybridized carbons (Fsp3) is 0.471. The maximum atomic E-state index is 5.97. The first-order chi connectivity index (χ1) is 12.0. The summed E-state index contributed by atoms with van der Waals surface area (Å²) in [4.78, 5) is 4.33. The molecular weight excluding hydrogens is 447 g/mol. The van der Waals surface area contributed by atoms with Gasteiger partial charge in [0.15, 0.2) is 5.96 Å². The van der Waals surface area contributed by atoms with E-state index in [1.807, 2.05) is 32.2 Å². The van der Waals surface area contributed by atoms with Crippen molar-refractivity contribution in [3.8, 4) is 0 Å². The number of aromatic nitrogens is 3. The van der Waals surface area contributed by atoms with Crippen molar-refractivity contribution in [3.63, 3.8) is 0 Å². The van der Waals surface area contributed by atoms with E-state index in [0.717, 1.165) is 11.4 Å². The number of halogens is 1. The highest BCUT2D eigenvalue weighted by molar-refractivity contribution is 14.0. The molecule has 2 heterocycles. The van der Waals surface area contributed by atoms with E-state index in [1.165, 1.54) is 11.1 Å². The lowest BCUT2D eigenvalue weighted by Crippen LogP contribution is -2.24. The average Bonchev–Trinajstić information content (AvgIpc) is 3.20. The van der Waals surface area contributed by atoms with Crippen molar-refractivity contribution in [3.05, 3.63) is 41.2 Å². The predicted octanol–water partition coefficient (Wildman–Crippen LogP) is 2.03. The second kappa shape index (κ2) is 9.28. The first kappa shape index (κ1) is 20.6. The second-order valence-corrected chi connectivity index (χ2v) is 6.27. The van der Waals surface area contributed by atoms with Gasteiger partial charge in [0.05, 0.1) is 26.0 Å². The van der Waals surface area contributed by atoms with Crippen molar-refractivity contribution in [1.29, 1.82) is 0 Å². The van der Waals surface area contributed by atoms with Gasteiger partial charge in [-0.25, -0.2) is 9.67 Å². The molecule has 0 amide bonds. The Balaban J connectivity index is 0.00000243. The van der Waals surface area contributed by atoms with Crippen molar-refractivity contribution in [2.45, 2.75) is 32.5 Å². The van der Waals surface area contributed by atoms with E-state index >= 15 is 0 Å². The standard InChI is InChI=1S/C17H24N6O2.HI/c1-11-4-12(2)6-13(5-11)20-17(18)19-7-14-8-23(22-21-14)15-9-25-10-16(15)24-3;/h4-6,8,15-16H,7,9-10H2,1-3H3,(H3,18,19,20);1H/t15-,16-;/m1./s1. The molecule has 0 unspecified atom stereocenters. The smallest absolute Gasteiger partial charge is 0.193 e. The first-order valence-corrected chi connectivity index (χ1v) is 8.21. The van der Waals surface area contributed by atoms with Crippen LogP contribution in [0.4, 0.5) is 5.69 Å². The molecule has 142 valence electrons. The summed E-state index contributed by atoms with van der Waals surface area (Å²) in [6.07, 6.45) is 1.85. The van der Waals surface area contributed by atoms with Gasteiger partial charge in [0.2, 0.25) is 0 Å². The SMILES string of the molecule is CO[C@@H]1COC[C@H]1n1cc(CN=C(N)Nc2cc(C)cc(C)c2)nn1.I. The van der Waals surface area contributed by atoms with Crippen molar-refractivity contribution < 1.29 is 9.47 Å². The van der Waals surface area contributed by atoms with Crippen LogP contribution in [0.5, 0.6) is 0 Å². The zero-order valence-corrected chi connectivity index (χ0v) is 17.5. The molecule has 1 fully saturated rings. The van der Waals surface area contributed by atoms with E-state index in [-0.39, 0.29) is 36.1 Å². The number of anilines is 1. The van der Waals surface area contributed by atoms with Gasteiger partial charge in [-0.2, -0.15) is 0 Å². The van der Waals surface area contributed by atoms with Crippen LogP contribution < -0.4 is 11.1 Å². The number of hydrogen-bond donors (Lipinski definition) is 2. The quantitative estimate of drug-likeness (QED) is 0.393. The molecule has 1 aliphatic rings. The molecule has 9 heteroatoms. The number of methoxy groups -OCH3 is 1. The lowest BCUT2D eigenvalue weighted by Gasteiger charge is -2.15. The van der Waals surface area contributed by atoms with Crippen molar-refractivity contribution >= 4 is 35.6 Å². The normalized spacial score (nSPS) is 20.0. The summed E-state index contributed by atoms with van der Waals surface area (Å²) in [5.74, 6) is 0.346. The lowest BCUT2D eigenvalue weighted by molar-refractivity contribution is 0.0661. The van der Waals surface area contributed by atoms with E-state index in [0.29, 0.717) is 25.7 Å². The molecule has 1 aromatic carbocycles. The molecule has 0 radical (unpaired) electrons. The van der Waals surface area contributed by atoms with Gasteiger partial charge in [-0.1, -0.05) is 11.3 Å². The Hall–Kier alpha value is -1.72. The molecule has 2 aromatic rings. The van der Waals surface area contributed by atoms with Crippen LogP contribution in [0.1, 0.15) is 22.9 Å². The number of guanidine groups is 1. The van der Waals surface area contributed by atoms with Crippen molar-refractivity contribution in [2.75, 3.05) is 25.6 Å². The molecule has 26 heavy (non-hydrogen) atoms. The summed E-state index contributed by atoms with van der Waals surface area (Å²) in [5, 5.41) is 11.4. The van der Waals surface area contributed by atoms with Crippen LogP contribution in [0.2, 0.25) is 0 Å². The molecule has 0 bridgehead atoms. The predicted molar refractivity (Wildman–Crippen MR) is 111 cm³/mol. The summed E-state index contributed by atoms with van der Waals surface area (Å²) >= 11 is 0. The Labute approximate surface area is 170 Å². The van der Waals surface area contributed by atoms with E-state index in [2.05, 4.69) is 26.7 Å². The van der Waals surface area contributed by atoms with Gasteiger partial charge < -0.3 is 20.5 Å². The third-order valence-corrected chi connectivity index (χ3v) is 4.11. The molecule has 3 rings (SSSR count). The summed E-state index contributed by atoms with van der Waals surface area (Å²) in [6, 6.07) is 6.20. The summed E-state index contributed by atoms with van der Waals surface area (Å²) in [5.41, 5.74) is 9.98. The summed E-state index contributed by atoms with van der Waals surface area (Å²) < 4.78 is 12.6. The zero-order chi connectivity index (χ0) is 17.8. The van der Waals surface area contributed by atoms with E-state index in [1.54, 1.807) is 11.8 Å². The number of aliphatic imine (C=N–C) groups is 1. The van der Waals surface area contributed by atoms with Gasteiger partial charge >= 0.3 is 0 Å². The van der Waals surface area contributed by atoms with Crippen LogP contribution in [0.25, 0.3) is 0 Å². The van der Waals surface area contributed by atoms with Crippen LogP contribution in [0, 0.1) is 13.8 Å². The van der Waals surface area contributed by atoms with Gasteiger partial charge in [0.25, 0.3) is 0 Å². The maximum absolute atomic E-state index is 5.97. The van der Waals surface area contributed by atoms with Crippen LogP contribution >= 0.6 is 24.0 Å². The molecule has 2 atom stereocenters.